The largest absolute Gasteiger partial charge is 0.326 e. The van der Waals surface area contributed by atoms with E-state index in [1.165, 1.54) is 0 Å². The van der Waals surface area contributed by atoms with Gasteiger partial charge in [0.2, 0.25) is 5.91 Å². The maximum Gasteiger partial charge on any atom is 0.228 e. The Morgan fingerprint density at radius 3 is 2.31 bits per heavy atom. The number of nitrogens with one attached hydrogen (secondary N) is 1. The second-order valence-electron chi connectivity index (χ2n) is 6.37. The highest BCUT2D eigenvalue weighted by molar-refractivity contribution is 7.98. The van der Waals surface area contributed by atoms with Gasteiger partial charge < -0.3 is 5.32 Å². The number of carbonyl (C=O) groups is 1. The van der Waals surface area contributed by atoms with Gasteiger partial charge in [0, 0.05) is 10.6 Å². The van der Waals surface area contributed by atoms with Crippen LogP contribution in [0, 0.1) is 0 Å². The molecule has 0 saturated carbocycles. The van der Waals surface area contributed by atoms with Crippen LogP contribution in [0.4, 0.5) is 5.69 Å². The van der Waals surface area contributed by atoms with Gasteiger partial charge in [-0.15, -0.1) is 16.9 Å². The zero-order valence-corrected chi connectivity index (χ0v) is 16.4. The van der Waals surface area contributed by atoms with Gasteiger partial charge in [-0.2, -0.15) is 4.68 Å². The highest BCUT2D eigenvalue weighted by atomic mass is 32.2. The molecule has 144 valence electrons. The molecule has 0 aliphatic carbocycles. The average Bonchev–Trinajstić information content (AvgIpc) is 3.23. The van der Waals surface area contributed by atoms with Gasteiger partial charge in [-0.3, -0.25) is 4.79 Å². The van der Waals surface area contributed by atoms with E-state index in [1.54, 1.807) is 16.4 Å². The third kappa shape index (κ3) is 5.08. The Morgan fingerprint density at radius 1 is 0.897 bits per heavy atom. The number of aromatic nitrogens is 4. The molecule has 0 radical (unpaired) electrons. The highest BCUT2D eigenvalue weighted by Gasteiger charge is 2.09. The normalized spacial score (nSPS) is 10.6. The number of hydrogen-bond donors (Lipinski definition) is 1. The van der Waals surface area contributed by atoms with Crippen LogP contribution in [0.15, 0.2) is 89.8 Å². The predicted molar refractivity (Wildman–Crippen MR) is 114 cm³/mol. The Morgan fingerprint density at radius 2 is 1.59 bits per heavy atom. The number of nitrogens with zero attached hydrogens (tertiary/aromatic N) is 4. The van der Waals surface area contributed by atoms with Crippen molar-refractivity contribution in [2.24, 2.45) is 0 Å². The molecule has 1 N–H and O–H groups in total. The fourth-order valence-corrected chi connectivity index (χ4v) is 3.64. The van der Waals surface area contributed by atoms with E-state index in [9.17, 15) is 4.79 Å². The average molecular weight is 401 g/mol. The van der Waals surface area contributed by atoms with E-state index in [0.29, 0.717) is 12.2 Å². The van der Waals surface area contributed by atoms with E-state index in [1.807, 2.05) is 84.9 Å². The van der Waals surface area contributed by atoms with Crippen molar-refractivity contribution in [2.75, 3.05) is 5.32 Å². The van der Waals surface area contributed by atoms with Crippen LogP contribution in [0.25, 0.3) is 5.69 Å². The maximum absolute atomic E-state index is 12.2. The first-order chi connectivity index (χ1) is 14.3. The molecule has 4 aromatic rings. The minimum absolute atomic E-state index is 0.0290. The standard InChI is InChI=1S/C22H19N5OS/c28-22(15-17-7-3-1-4-8-17)23-18-11-13-20(14-12-18)29-16-21-24-25-26-27(21)19-9-5-2-6-10-19/h1-14H,15-16H2,(H,23,28). The van der Waals surface area contributed by atoms with Gasteiger partial charge in [-0.25, -0.2) is 0 Å². The number of para-hydroxylation sites is 1. The summed E-state index contributed by atoms with van der Waals surface area (Å²) in [6.07, 6.45) is 0.361. The molecule has 0 aliphatic heterocycles. The zero-order chi connectivity index (χ0) is 19.9. The van der Waals surface area contributed by atoms with Crippen molar-refractivity contribution in [3.05, 3.63) is 96.3 Å². The lowest BCUT2D eigenvalue weighted by molar-refractivity contribution is -0.115. The summed E-state index contributed by atoms with van der Waals surface area (Å²) >= 11 is 1.64. The smallest absolute Gasteiger partial charge is 0.228 e. The summed E-state index contributed by atoms with van der Waals surface area (Å²) in [5.74, 6) is 1.39. The van der Waals surface area contributed by atoms with E-state index >= 15 is 0 Å². The molecular formula is C22H19N5OS. The van der Waals surface area contributed by atoms with Gasteiger partial charge in [-0.1, -0.05) is 48.5 Å². The van der Waals surface area contributed by atoms with Crippen molar-refractivity contribution in [1.29, 1.82) is 0 Å². The minimum atomic E-state index is -0.0290. The number of thioether (sulfide) groups is 1. The third-order valence-electron chi connectivity index (χ3n) is 4.25. The molecule has 7 heteroatoms. The van der Waals surface area contributed by atoms with E-state index in [0.717, 1.165) is 27.7 Å². The molecule has 1 aromatic heterocycles. The molecule has 1 amide bonds. The van der Waals surface area contributed by atoms with Gasteiger partial charge in [0.15, 0.2) is 5.82 Å². The molecule has 0 spiro atoms. The molecular weight excluding hydrogens is 382 g/mol. The quantitative estimate of drug-likeness (QED) is 0.471. The Labute approximate surface area is 173 Å². The SMILES string of the molecule is O=C(Cc1ccccc1)Nc1ccc(SCc2nnnn2-c2ccccc2)cc1. The van der Waals surface area contributed by atoms with Crippen LogP contribution in [-0.2, 0) is 17.0 Å². The number of anilines is 1. The number of amides is 1. The first-order valence-electron chi connectivity index (χ1n) is 9.17. The number of carbonyl (C=O) groups excluding carboxylic acids is 1. The van der Waals surface area contributed by atoms with Crippen LogP contribution in [0.3, 0.4) is 0 Å². The van der Waals surface area contributed by atoms with Crippen molar-refractivity contribution in [3.63, 3.8) is 0 Å². The summed E-state index contributed by atoms with van der Waals surface area (Å²) in [5.41, 5.74) is 2.71. The lowest BCUT2D eigenvalue weighted by Gasteiger charge is -2.07. The third-order valence-corrected chi connectivity index (χ3v) is 5.26. The van der Waals surface area contributed by atoms with E-state index in [4.69, 9.17) is 0 Å². The Balaban J connectivity index is 1.34. The van der Waals surface area contributed by atoms with E-state index in [-0.39, 0.29) is 5.91 Å². The van der Waals surface area contributed by atoms with Gasteiger partial charge in [-0.05, 0) is 52.4 Å². The van der Waals surface area contributed by atoms with Crippen LogP contribution in [0.1, 0.15) is 11.4 Å². The molecule has 1 heterocycles. The molecule has 0 fully saturated rings. The van der Waals surface area contributed by atoms with Crippen molar-refractivity contribution in [2.45, 2.75) is 17.1 Å². The summed E-state index contributed by atoms with van der Waals surface area (Å²) in [7, 11) is 0. The molecule has 0 saturated heterocycles. The second-order valence-corrected chi connectivity index (χ2v) is 7.41. The molecule has 0 aliphatic rings. The van der Waals surface area contributed by atoms with Gasteiger partial charge in [0.25, 0.3) is 0 Å². The van der Waals surface area contributed by atoms with Gasteiger partial charge >= 0.3 is 0 Å². The van der Waals surface area contributed by atoms with Crippen LogP contribution in [0.5, 0.6) is 0 Å². The van der Waals surface area contributed by atoms with Crippen molar-refractivity contribution < 1.29 is 4.79 Å². The highest BCUT2D eigenvalue weighted by Crippen LogP contribution is 2.24. The number of tetrazole rings is 1. The molecule has 4 rings (SSSR count). The fraction of sp³-hybridized carbons (Fsp3) is 0.0909. The van der Waals surface area contributed by atoms with Gasteiger partial charge in [0.1, 0.15) is 0 Å². The zero-order valence-electron chi connectivity index (χ0n) is 15.6. The molecule has 29 heavy (non-hydrogen) atoms. The number of benzene rings is 3. The monoisotopic (exact) mass is 401 g/mol. The summed E-state index contributed by atoms with van der Waals surface area (Å²) in [6, 6.07) is 27.3. The molecule has 0 bridgehead atoms. The lowest BCUT2D eigenvalue weighted by atomic mass is 10.1. The Kier molecular flexibility index (Phi) is 5.97. The van der Waals surface area contributed by atoms with Crippen LogP contribution >= 0.6 is 11.8 Å². The molecule has 3 aromatic carbocycles. The number of hydrogen-bond acceptors (Lipinski definition) is 5. The molecule has 6 nitrogen and oxygen atoms in total. The summed E-state index contributed by atoms with van der Waals surface area (Å²) in [4.78, 5) is 13.3. The van der Waals surface area contributed by atoms with Crippen LogP contribution in [0.2, 0.25) is 0 Å². The topological polar surface area (TPSA) is 72.7 Å². The predicted octanol–water partition coefficient (Wildman–Crippen LogP) is 4.14. The van der Waals surface area contributed by atoms with Crippen LogP contribution in [-0.4, -0.2) is 26.1 Å². The van der Waals surface area contributed by atoms with Crippen molar-refractivity contribution in [3.8, 4) is 5.69 Å². The first-order valence-corrected chi connectivity index (χ1v) is 10.2. The summed E-state index contributed by atoms with van der Waals surface area (Å²) in [6.45, 7) is 0. The van der Waals surface area contributed by atoms with E-state index < -0.39 is 0 Å². The van der Waals surface area contributed by atoms with Gasteiger partial charge in [0.05, 0.1) is 17.9 Å². The van der Waals surface area contributed by atoms with Crippen LogP contribution < -0.4 is 5.32 Å². The van der Waals surface area contributed by atoms with Crippen molar-refractivity contribution >= 4 is 23.4 Å². The lowest BCUT2D eigenvalue weighted by Crippen LogP contribution is -2.14. The van der Waals surface area contributed by atoms with Crippen molar-refractivity contribution in [1.82, 2.24) is 20.2 Å². The Bertz CT molecular complexity index is 1070. The Hall–Kier alpha value is -3.45. The fourth-order valence-electron chi connectivity index (χ4n) is 2.83. The molecule has 0 unspecified atom stereocenters. The second kappa shape index (κ2) is 9.16. The first kappa shape index (κ1) is 18.9. The number of rotatable bonds is 7. The summed E-state index contributed by atoms with van der Waals surface area (Å²) < 4.78 is 1.74. The van der Waals surface area contributed by atoms with E-state index in [2.05, 4.69) is 20.8 Å². The maximum atomic E-state index is 12.2. The summed E-state index contributed by atoms with van der Waals surface area (Å²) in [5, 5.41) is 14.9. The molecule has 0 atom stereocenters. The minimum Gasteiger partial charge on any atom is -0.326 e.